The zero-order chi connectivity index (χ0) is 29.6. The Bertz CT molecular complexity index is 1760. The van der Waals surface area contributed by atoms with Gasteiger partial charge >= 0.3 is 0 Å². The maximum Gasteiger partial charge on any atom is 0.102 e. The summed E-state index contributed by atoms with van der Waals surface area (Å²) in [7, 11) is 0. The van der Waals surface area contributed by atoms with E-state index in [2.05, 4.69) is 27.1 Å². The molecule has 0 N–H and O–H groups in total. The molecule has 2 aromatic carbocycles. The van der Waals surface area contributed by atoms with Crippen LogP contribution in [0.4, 0.5) is 0 Å². The molecule has 0 fully saturated rings. The van der Waals surface area contributed by atoms with Crippen LogP contribution in [0.15, 0.2) is 79.1 Å². The number of fused-ring (bicyclic) bond motifs is 6. The quantitative estimate of drug-likeness (QED) is 0.161. The fraction of sp³-hybridized carbons (Fsp3) is 0.107. The maximum atomic E-state index is 7.80. The van der Waals surface area contributed by atoms with Crippen LogP contribution in [0, 0.1) is 32.7 Å². The molecule has 6 rings (SSSR count). The average molecular weight is 616 g/mol. The van der Waals surface area contributed by atoms with E-state index in [1.54, 1.807) is 54.7 Å². The molecule has 33 heavy (non-hydrogen) atoms. The van der Waals surface area contributed by atoms with Crippen LogP contribution in [-0.4, -0.2) is 19.4 Å². The number of imidazole rings is 1. The minimum atomic E-state index is -2.56. The Hall–Kier alpha value is -3.40. The number of aryl methyl sites for hydroxylation is 3. The number of hydrogen-bond acceptors (Lipinski definition) is 3. The third-order valence-corrected chi connectivity index (χ3v) is 5.00. The van der Waals surface area contributed by atoms with Gasteiger partial charge in [0, 0.05) is 44.8 Å². The third kappa shape index (κ3) is 4.30. The number of benzene rings is 2. The first-order valence-corrected chi connectivity index (χ1v) is 9.81. The summed E-state index contributed by atoms with van der Waals surface area (Å²) in [5, 5.41) is 1.15. The van der Waals surface area contributed by atoms with Crippen molar-refractivity contribution in [3.05, 3.63) is 108 Å². The molecule has 0 saturated heterocycles. The van der Waals surface area contributed by atoms with Crippen molar-refractivity contribution in [2.75, 3.05) is 0 Å². The van der Waals surface area contributed by atoms with Crippen molar-refractivity contribution in [1.82, 2.24) is 19.4 Å². The van der Waals surface area contributed by atoms with Crippen LogP contribution in [0.1, 0.15) is 29.4 Å². The van der Waals surface area contributed by atoms with Gasteiger partial charge < -0.3 is 14.4 Å². The Morgan fingerprint density at radius 1 is 0.879 bits per heavy atom. The van der Waals surface area contributed by atoms with Gasteiger partial charge in [0.1, 0.15) is 5.82 Å². The van der Waals surface area contributed by atoms with Gasteiger partial charge in [-0.25, -0.2) is 4.98 Å². The molecule has 0 amide bonds. The molecule has 0 unspecified atom stereocenters. The summed E-state index contributed by atoms with van der Waals surface area (Å²) in [6.45, 7) is -7.21. The zero-order valence-electron chi connectivity index (χ0n) is 26.1. The Morgan fingerprint density at radius 2 is 1.82 bits per heavy atom. The minimum Gasteiger partial charge on any atom is -0.339 e. The molecule has 0 aliphatic rings. The van der Waals surface area contributed by atoms with Gasteiger partial charge in [-0.05, 0) is 54.3 Å². The van der Waals surface area contributed by atoms with E-state index in [0.29, 0.717) is 21.8 Å². The zero-order valence-corrected chi connectivity index (χ0v) is 19.5. The summed E-state index contributed by atoms with van der Waals surface area (Å²) in [5.74, 6) is -0.274. The molecule has 1 radical (unpaired) electrons. The smallest absolute Gasteiger partial charge is 0.102 e. The maximum absolute atomic E-state index is 7.80. The topological polar surface area (TPSA) is 43.1 Å². The third-order valence-electron chi connectivity index (χ3n) is 5.00. The summed E-state index contributed by atoms with van der Waals surface area (Å²) < 4.78 is 69.9. The number of rotatable bonds is 1. The minimum absolute atomic E-state index is 0. The van der Waals surface area contributed by atoms with E-state index in [4.69, 9.17) is 12.3 Å². The summed E-state index contributed by atoms with van der Waals surface area (Å²) in [4.78, 5) is 12.5. The van der Waals surface area contributed by atoms with Crippen molar-refractivity contribution in [1.29, 1.82) is 0 Å². The van der Waals surface area contributed by atoms with Crippen molar-refractivity contribution in [3.8, 4) is 11.3 Å². The van der Waals surface area contributed by atoms with E-state index in [9.17, 15) is 0 Å². The molecule has 6 aromatic rings. The second-order valence-corrected chi connectivity index (χ2v) is 7.01. The standard InChI is InChI=1S/C16H12N3.C12H10N.Ir/c1-10-16-13-7-5-9-17-15(13)12-6-3-4-8-14(12)19(16)11(2)18-10;1-10-7-8-12(13-9-10)11-5-3-2-4-6-11;/h3-5,7-9H,1-2H3;2-5,7-9H,1H3;/q2*-1;/i1D3,2D3;1D3;. The van der Waals surface area contributed by atoms with Crippen LogP contribution >= 0.6 is 0 Å². The Labute approximate surface area is 219 Å². The van der Waals surface area contributed by atoms with Crippen LogP contribution < -0.4 is 0 Å². The SMILES string of the molecule is [2H]C([2H])([2H])c1ccc(-c2[c-]cccc2)nc1.[2H]C([2H])([2H])c1nc(C([2H])([2H])[2H])n2c3ccc[c-]c3c3ncccc3c12.[Ir]. The summed E-state index contributed by atoms with van der Waals surface area (Å²) in [5.41, 5.74) is 2.94. The fourth-order valence-corrected chi connectivity index (χ4v) is 3.61. The molecule has 4 aromatic heterocycles. The largest absolute Gasteiger partial charge is 0.339 e. The Kier molecular flexibility index (Phi) is 4.08. The van der Waals surface area contributed by atoms with E-state index < -0.39 is 20.6 Å². The molecule has 4 nitrogen and oxygen atoms in total. The normalized spacial score (nSPS) is 15.8. The van der Waals surface area contributed by atoms with Gasteiger partial charge in [0.05, 0.1) is 11.2 Å². The number of pyridine rings is 3. The van der Waals surface area contributed by atoms with Gasteiger partial charge in [-0.15, -0.1) is 65.5 Å². The first kappa shape index (κ1) is 14.0. The Balaban J connectivity index is 0.000000207. The van der Waals surface area contributed by atoms with Crippen LogP contribution in [0.25, 0.3) is 38.6 Å². The van der Waals surface area contributed by atoms with Crippen LogP contribution in [0.3, 0.4) is 0 Å². The molecule has 0 saturated carbocycles. The van der Waals surface area contributed by atoms with E-state index in [1.807, 2.05) is 18.2 Å². The van der Waals surface area contributed by atoms with Crippen LogP contribution in [0.2, 0.25) is 0 Å². The summed E-state index contributed by atoms with van der Waals surface area (Å²) >= 11 is 0. The number of aromatic nitrogens is 4. The molecule has 4 heterocycles. The molecule has 0 aliphatic carbocycles. The second-order valence-electron chi connectivity index (χ2n) is 7.01. The summed E-state index contributed by atoms with van der Waals surface area (Å²) in [6.07, 6.45) is 3.00. The first-order chi connectivity index (χ1) is 19.3. The van der Waals surface area contributed by atoms with Gasteiger partial charge in [-0.3, -0.25) is 0 Å². The van der Waals surface area contributed by atoms with Gasteiger partial charge in [0.15, 0.2) is 0 Å². The molecular formula is C28H22IrN4-2. The van der Waals surface area contributed by atoms with E-state index in [0.717, 1.165) is 11.3 Å². The first-order valence-electron chi connectivity index (χ1n) is 14.3. The summed E-state index contributed by atoms with van der Waals surface area (Å²) in [6, 6.07) is 25.4. The predicted octanol–water partition coefficient (Wildman–Crippen LogP) is 6.31. The van der Waals surface area contributed by atoms with Crippen LogP contribution in [0.5, 0.6) is 0 Å². The molecule has 0 bridgehead atoms. The Morgan fingerprint density at radius 3 is 2.58 bits per heavy atom. The van der Waals surface area contributed by atoms with E-state index >= 15 is 0 Å². The average Bonchev–Trinajstić information content (AvgIpc) is 3.37. The van der Waals surface area contributed by atoms with E-state index in [1.165, 1.54) is 10.6 Å². The number of hydrogen-bond donors (Lipinski definition) is 0. The van der Waals surface area contributed by atoms with Gasteiger partial charge in [-0.2, -0.15) is 0 Å². The molecule has 0 aliphatic heterocycles. The van der Waals surface area contributed by atoms with E-state index in [-0.39, 0.29) is 42.7 Å². The van der Waals surface area contributed by atoms with Gasteiger partial charge in [-0.1, -0.05) is 18.2 Å². The van der Waals surface area contributed by atoms with Crippen molar-refractivity contribution in [2.45, 2.75) is 20.6 Å². The van der Waals surface area contributed by atoms with Crippen molar-refractivity contribution in [3.63, 3.8) is 0 Å². The van der Waals surface area contributed by atoms with Crippen molar-refractivity contribution >= 4 is 27.3 Å². The second kappa shape index (κ2) is 9.62. The molecule has 165 valence electrons. The predicted molar refractivity (Wildman–Crippen MR) is 130 cm³/mol. The monoisotopic (exact) mass is 616 g/mol. The molecule has 0 spiro atoms. The van der Waals surface area contributed by atoms with Crippen molar-refractivity contribution < 1.29 is 32.4 Å². The van der Waals surface area contributed by atoms with Gasteiger partial charge in [0.2, 0.25) is 0 Å². The molecule has 0 atom stereocenters. The van der Waals surface area contributed by atoms with Crippen molar-refractivity contribution in [2.24, 2.45) is 0 Å². The number of nitrogens with zero attached hydrogens (tertiary/aromatic N) is 4. The fourth-order valence-electron chi connectivity index (χ4n) is 3.61. The van der Waals surface area contributed by atoms with Gasteiger partial charge in [0.25, 0.3) is 0 Å². The molecular weight excluding hydrogens is 585 g/mol. The molecule has 5 heteroatoms. The van der Waals surface area contributed by atoms with Crippen LogP contribution in [-0.2, 0) is 20.1 Å².